The number of hydrogen-bond acceptors (Lipinski definition) is 8. The Labute approximate surface area is 207 Å². The van der Waals surface area contributed by atoms with Gasteiger partial charge in [-0.25, -0.2) is 9.29 Å². The first-order valence-corrected chi connectivity index (χ1v) is 12.4. The van der Waals surface area contributed by atoms with Crippen LogP contribution in [0.15, 0.2) is 42.5 Å². The van der Waals surface area contributed by atoms with Crippen molar-refractivity contribution < 1.29 is 33.0 Å². The van der Waals surface area contributed by atoms with Gasteiger partial charge in [-0.2, -0.15) is 11.8 Å². The van der Waals surface area contributed by atoms with Crippen LogP contribution in [0.5, 0.6) is 11.5 Å². The zero-order chi connectivity index (χ0) is 25.3. The topological polar surface area (TPSA) is 94.2 Å². The average Bonchev–Trinajstić information content (AvgIpc) is 3.36. The van der Waals surface area contributed by atoms with E-state index in [1.54, 1.807) is 18.2 Å². The van der Waals surface area contributed by atoms with Crippen LogP contribution in [0, 0.1) is 17.7 Å². The Balaban J connectivity index is 1.88. The summed E-state index contributed by atoms with van der Waals surface area (Å²) in [4.78, 5) is 42.0. The van der Waals surface area contributed by atoms with E-state index in [0.29, 0.717) is 22.8 Å². The molecular formula is C25H27FN2O6S. The number of halogens is 1. The summed E-state index contributed by atoms with van der Waals surface area (Å²) in [5, 5.41) is 3.33. The van der Waals surface area contributed by atoms with Crippen LogP contribution >= 0.6 is 11.8 Å². The highest BCUT2D eigenvalue weighted by Gasteiger charge is 2.69. The summed E-state index contributed by atoms with van der Waals surface area (Å²) in [5.74, 6) is -2.46. The standard InChI is InChI=1S/C25H27FN2O6S/c1-32-16-9-10-17(18(13-16)33-2)21-19-20(25(27-21,11-12-35-4)24(31)34-3)23(30)28(22(19)29)15-7-5-14(26)6-8-15/h5-10,13,19-21,27H,11-12H2,1-4H3/t19-,20-,21-,25-/m1/s1. The molecule has 4 rings (SSSR count). The van der Waals surface area contributed by atoms with E-state index in [0.717, 1.165) is 4.90 Å². The Hall–Kier alpha value is -3.11. The third-order valence-electron chi connectivity index (χ3n) is 6.76. The number of hydrogen-bond donors (Lipinski definition) is 1. The molecule has 0 saturated carbocycles. The number of ether oxygens (including phenoxy) is 3. The number of fused-ring (bicyclic) bond motifs is 1. The molecule has 8 nitrogen and oxygen atoms in total. The second-order valence-electron chi connectivity index (χ2n) is 8.43. The third kappa shape index (κ3) is 4.04. The van der Waals surface area contributed by atoms with Crippen molar-refractivity contribution in [2.75, 3.05) is 38.2 Å². The molecule has 2 saturated heterocycles. The normalized spacial score (nSPS) is 25.5. The van der Waals surface area contributed by atoms with Crippen molar-refractivity contribution in [1.29, 1.82) is 0 Å². The molecular weight excluding hydrogens is 475 g/mol. The van der Waals surface area contributed by atoms with E-state index >= 15 is 0 Å². The third-order valence-corrected chi connectivity index (χ3v) is 7.38. The van der Waals surface area contributed by atoms with Gasteiger partial charge in [-0.05, 0) is 48.8 Å². The van der Waals surface area contributed by atoms with Crippen LogP contribution in [-0.4, -0.2) is 56.7 Å². The maximum atomic E-state index is 13.8. The lowest BCUT2D eigenvalue weighted by Crippen LogP contribution is -2.56. The van der Waals surface area contributed by atoms with Crippen molar-refractivity contribution in [2.45, 2.75) is 18.0 Å². The number of benzene rings is 2. The Morgan fingerprint density at radius 1 is 1.09 bits per heavy atom. The Kier molecular flexibility index (Phi) is 7.05. The van der Waals surface area contributed by atoms with E-state index < -0.39 is 47.0 Å². The number of nitrogens with zero attached hydrogens (tertiary/aromatic N) is 1. The highest BCUT2D eigenvalue weighted by atomic mass is 32.2. The number of imide groups is 1. The minimum atomic E-state index is -1.43. The molecule has 2 fully saturated rings. The van der Waals surface area contributed by atoms with E-state index in [-0.39, 0.29) is 12.1 Å². The average molecular weight is 503 g/mol. The van der Waals surface area contributed by atoms with Crippen molar-refractivity contribution in [3.8, 4) is 11.5 Å². The molecule has 4 atom stereocenters. The maximum Gasteiger partial charge on any atom is 0.326 e. The van der Waals surface area contributed by atoms with Crippen molar-refractivity contribution in [2.24, 2.45) is 11.8 Å². The number of anilines is 1. The fourth-order valence-corrected chi connectivity index (χ4v) is 5.68. The van der Waals surface area contributed by atoms with Gasteiger partial charge in [0.1, 0.15) is 22.9 Å². The van der Waals surface area contributed by atoms with Gasteiger partial charge in [0.2, 0.25) is 11.8 Å². The molecule has 1 N–H and O–H groups in total. The molecule has 2 aliphatic heterocycles. The van der Waals surface area contributed by atoms with Crippen molar-refractivity contribution in [3.05, 3.63) is 53.8 Å². The highest BCUT2D eigenvalue weighted by Crippen LogP contribution is 2.53. The lowest BCUT2D eigenvalue weighted by atomic mass is 9.77. The molecule has 0 aromatic heterocycles. The van der Waals surface area contributed by atoms with Gasteiger partial charge in [0.15, 0.2) is 0 Å². The second-order valence-corrected chi connectivity index (χ2v) is 9.41. The zero-order valence-corrected chi connectivity index (χ0v) is 20.7. The van der Waals surface area contributed by atoms with E-state index in [4.69, 9.17) is 14.2 Å². The summed E-state index contributed by atoms with van der Waals surface area (Å²) in [6.07, 6.45) is 2.17. The molecule has 2 amide bonds. The van der Waals surface area contributed by atoms with Crippen molar-refractivity contribution in [1.82, 2.24) is 5.32 Å². The van der Waals surface area contributed by atoms with Crippen LogP contribution in [-0.2, 0) is 19.1 Å². The van der Waals surface area contributed by atoms with Gasteiger partial charge in [-0.3, -0.25) is 19.7 Å². The van der Waals surface area contributed by atoms with E-state index in [2.05, 4.69) is 5.32 Å². The Bertz CT molecular complexity index is 1140. The van der Waals surface area contributed by atoms with Gasteiger partial charge >= 0.3 is 5.97 Å². The molecule has 2 aromatic carbocycles. The fraction of sp³-hybridized carbons (Fsp3) is 0.400. The van der Waals surface area contributed by atoms with Crippen LogP contribution in [0.4, 0.5) is 10.1 Å². The highest BCUT2D eigenvalue weighted by molar-refractivity contribution is 7.98. The monoisotopic (exact) mass is 502 g/mol. The molecule has 2 aliphatic rings. The minimum absolute atomic E-state index is 0.250. The summed E-state index contributed by atoms with van der Waals surface area (Å²) in [6, 6.07) is 9.59. The number of nitrogens with one attached hydrogen (secondary N) is 1. The molecule has 35 heavy (non-hydrogen) atoms. The maximum absolute atomic E-state index is 13.8. The van der Waals surface area contributed by atoms with E-state index in [1.165, 1.54) is 57.4 Å². The van der Waals surface area contributed by atoms with Crippen LogP contribution in [0.1, 0.15) is 18.0 Å². The van der Waals surface area contributed by atoms with Gasteiger partial charge in [0.05, 0.1) is 38.9 Å². The van der Waals surface area contributed by atoms with Gasteiger partial charge in [0, 0.05) is 17.7 Å². The lowest BCUT2D eigenvalue weighted by molar-refractivity contribution is -0.152. The van der Waals surface area contributed by atoms with Crippen LogP contribution in [0.2, 0.25) is 0 Å². The molecule has 2 aromatic rings. The van der Waals surface area contributed by atoms with Crippen molar-refractivity contribution >= 4 is 35.2 Å². The summed E-state index contributed by atoms with van der Waals surface area (Å²) in [7, 11) is 4.29. The number of rotatable bonds is 8. The van der Waals surface area contributed by atoms with E-state index in [9.17, 15) is 18.8 Å². The molecule has 10 heteroatoms. The molecule has 2 heterocycles. The lowest BCUT2D eigenvalue weighted by Gasteiger charge is -2.32. The number of amides is 2. The predicted molar refractivity (Wildman–Crippen MR) is 129 cm³/mol. The van der Waals surface area contributed by atoms with Crippen molar-refractivity contribution in [3.63, 3.8) is 0 Å². The number of carbonyl (C=O) groups is 3. The Morgan fingerprint density at radius 2 is 1.80 bits per heavy atom. The van der Waals surface area contributed by atoms with Crippen LogP contribution < -0.4 is 19.7 Å². The van der Waals surface area contributed by atoms with Crippen LogP contribution in [0.25, 0.3) is 0 Å². The predicted octanol–water partition coefficient (Wildman–Crippen LogP) is 2.96. The summed E-state index contributed by atoms with van der Waals surface area (Å²) < 4.78 is 29.6. The van der Waals surface area contributed by atoms with Gasteiger partial charge in [-0.1, -0.05) is 6.07 Å². The summed E-state index contributed by atoms with van der Waals surface area (Å²) >= 11 is 1.52. The summed E-state index contributed by atoms with van der Waals surface area (Å²) in [6.45, 7) is 0. The zero-order valence-electron chi connectivity index (χ0n) is 19.9. The fourth-order valence-electron chi connectivity index (χ4n) is 5.15. The molecule has 0 bridgehead atoms. The molecule has 0 radical (unpaired) electrons. The SMILES string of the molecule is COC(=O)[C@]1(CCSC)N[C@H](c2ccc(OC)cc2OC)[C@@H]2C(=O)N(c3ccc(F)cc3)C(=O)[C@@H]21. The van der Waals surface area contributed by atoms with Crippen LogP contribution in [0.3, 0.4) is 0 Å². The number of esters is 1. The largest absolute Gasteiger partial charge is 0.497 e. The molecule has 0 aliphatic carbocycles. The number of thioether (sulfide) groups is 1. The van der Waals surface area contributed by atoms with E-state index in [1.807, 2.05) is 6.26 Å². The van der Waals surface area contributed by atoms with Gasteiger partial charge in [-0.15, -0.1) is 0 Å². The first-order valence-electron chi connectivity index (χ1n) is 11.0. The Morgan fingerprint density at radius 3 is 2.40 bits per heavy atom. The molecule has 186 valence electrons. The van der Waals surface area contributed by atoms with Gasteiger partial charge < -0.3 is 14.2 Å². The minimum Gasteiger partial charge on any atom is -0.497 e. The first kappa shape index (κ1) is 25.0. The molecule has 0 unspecified atom stereocenters. The second kappa shape index (κ2) is 9.87. The quantitative estimate of drug-likeness (QED) is 0.435. The first-order chi connectivity index (χ1) is 16.8. The smallest absolute Gasteiger partial charge is 0.326 e. The van der Waals surface area contributed by atoms with Gasteiger partial charge in [0.25, 0.3) is 0 Å². The number of carbonyl (C=O) groups excluding carboxylic acids is 3. The number of methoxy groups -OCH3 is 3. The summed E-state index contributed by atoms with van der Waals surface area (Å²) in [5.41, 5.74) is -0.570. The molecule has 0 spiro atoms.